The van der Waals surface area contributed by atoms with Crippen molar-refractivity contribution in [2.45, 2.75) is 13.0 Å². The van der Waals surface area contributed by atoms with E-state index in [9.17, 15) is 4.79 Å². The monoisotopic (exact) mass is 260 g/mol. The first-order valence-electron chi connectivity index (χ1n) is 5.74. The number of nitrogens with two attached hydrogens (primary N) is 1. The van der Waals surface area contributed by atoms with Gasteiger partial charge in [-0.25, -0.2) is 0 Å². The van der Waals surface area contributed by atoms with Crippen LogP contribution < -0.4 is 5.73 Å². The summed E-state index contributed by atoms with van der Waals surface area (Å²) >= 11 is 1.61. The van der Waals surface area contributed by atoms with Crippen molar-refractivity contribution < 1.29 is 4.79 Å². The van der Waals surface area contributed by atoms with E-state index in [2.05, 4.69) is 0 Å². The van der Waals surface area contributed by atoms with Crippen molar-refractivity contribution in [1.82, 2.24) is 4.90 Å². The van der Waals surface area contributed by atoms with Gasteiger partial charge >= 0.3 is 0 Å². The Hall–Kier alpha value is -1.81. The lowest BCUT2D eigenvalue weighted by molar-refractivity contribution is -0.129. The molecule has 18 heavy (non-hydrogen) atoms. The lowest BCUT2D eigenvalue weighted by atomic mass is 10.1. The van der Waals surface area contributed by atoms with Crippen molar-refractivity contribution >= 4 is 22.9 Å². The molecule has 2 N–H and O–H groups in total. The zero-order valence-electron chi connectivity index (χ0n) is 10.3. The SMILES string of the molecule is CN(Cc1cccc(N)c1)C(=O)Cc1ccsc1. The van der Waals surface area contributed by atoms with Gasteiger partial charge in [0, 0.05) is 19.3 Å². The summed E-state index contributed by atoms with van der Waals surface area (Å²) in [5, 5.41) is 3.99. The number of thiophene rings is 1. The number of hydrogen-bond acceptors (Lipinski definition) is 3. The molecule has 1 aromatic carbocycles. The highest BCUT2D eigenvalue weighted by atomic mass is 32.1. The lowest BCUT2D eigenvalue weighted by Crippen LogP contribution is -2.27. The molecule has 2 aromatic rings. The first-order chi connectivity index (χ1) is 8.65. The van der Waals surface area contributed by atoms with Gasteiger partial charge in [0.05, 0.1) is 6.42 Å². The smallest absolute Gasteiger partial charge is 0.227 e. The third-order valence-electron chi connectivity index (χ3n) is 2.73. The summed E-state index contributed by atoms with van der Waals surface area (Å²) in [4.78, 5) is 13.7. The maximum absolute atomic E-state index is 12.0. The largest absolute Gasteiger partial charge is 0.399 e. The maximum atomic E-state index is 12.0. The minimum atomic E-state index is 0.121. The molecule has 0 spiro atoms. The average Bonchev–Trinajstić information content (AvgIpc) is 2.81. The third-order valence-corrected chi connectivity index (χ3v) is 3.46. The van der Waals surface area contributed by atoms with E-state index in [1.54, 1.807) is 16.2 Å². The van der Waals surface area contributed by atoms with Crippen LogP contribution >= 0.6 is 11.3 Å². The van der Waals surface area contributed by atoms with Crippen molar-refractivity contribution in [2.24, 2.45) is 0 Å². The number of anilines is 1. The second-order valence-electron chi connectivity index (χ2n) is 4.30. The van der Waals surface area contributed by atoms with Gasteiger partial charge in [0.2, 0.25) is 5.91 Å². The number of rotatable bonds is 4. The Morgan fingerprint density at radius 3 is 2.83 bits per heavy atom. The Bertz CT molecular complexity index is 522. The van der Waals surface area contributed by atoms with E-state index in [0.29, 0.717) is 13.0 Å². The molecule has 0 saturated heterocycles. The molecule has 0 fully saturated rings. The standard InChI is InChI=1S/C14H16N2OS/c1-16(9-11-3-2-4-13(15)7-11)14(17)8-12-5-6-18-10-12/h2-7,10H,8-9,15H2,1H3. The molecule has 0 radical (unpaired) electrons. The highest BCUT2D eigenvalue weighted by molar-refractivity contribution is 7.07. The molecule has 0 aliphatic heterocycles. The minimum absolute atomic E-state index is 0.121. The van der Waals surface area contributed by atoms with Crippen LogP contribution in [0.25, 0.3) is 0 Å². The highest BCUT2D eigenvalue weighted by Gasteiger charge is 2.10. The molecule has 0 saturated carbocycles. The summed E-state index contributed by atoms with van der Waals surface area (Å²) in [6, 6.07) is 9.61. The molecule has 0 unspecified atom stereocenters. The summed E-state index contributed by atoms with van der Waals surface area (Å²) in [6.07, 6.45) is 0.461. The molecule has 0 aliphatic carbocycles. The molecule has 2 rings (SSSR count). The molecule has 1 heterocycles. The fourth-order valence-corrected chi connectivity index (χ4v) is 2.42. The number of amides is 1. The van der Waals surface area contributed by atoms with E-state index in [-0.39, 0.29) is 5.91 Å². The van der Waals surface area contributed by atoms with Gasteiger partial charge in [-0.1, -0.05) is 12.1 Å². The number of benzene rings is 1. The molecule has 94 valence electrons. The molecular formula is C14H16N2OS. The van der Waals surface area contributed by atoms with Crippen LogP contribution in [0.15, 0.2) is 41.1 Å². The Labute approximate surface area is 111 Å². The van der Waals surface area contributed by atoms with Gasteiger partial charge in [-0.15, -0.1) is 0 Å². The van der Waals surface area contributed by atoms with E-state index < -0.39 is 0 Å². The Morgan fingerprint density at radius 1 is 1.33 bits per heavy atom. The minimum Gasteiger partial charge on any atom is -0.399 e. The number of carbonyl (C=O) groups is 1. The Balaban J connectivity index is 1.95. The van der Waals surface area contributed by atoms with Crippen LogP contribution in [0, 0.1) is 0 Å². The van der Waals surface area contributed by atoms with E-state index in [1.165, 1.54) is 0 Å². The van der Waals surface area contributed by atoms with Crippen LogP contribution in [-0.2, 0) is 17.8 Å². The van der Waals surface area contributed by atoms with Crippen LogP contribution in [0.5, 0.6) is 0 Å². The molecule has 1 amide bonds. The number of carbonyl (C=O) groups excluding carboxylic acids is 1. The van der Waals surface area contributed by atoms with Gasteiger partial charge in [-0.2, -0.15) is 11.3 Å². The molecule has 0 aliphatic rings. The molecule has 4 heteroatoms. The number of likely N-dealkylation sites (N-methyl/N-ethyl adjacent to an activating group) is 1. The van der Waals surface area contributed by atoms with Crippen LogP contribution in [0.3, 0.4) is 0 Å². The highest BCUT2D eigenvalue weighted by Crippen LogP contribution is 2.11. The number of nitrogen functional groups attached to an aromatic ring is 1. The Morgan fingerprint density at radius 2 is 2.17 bits per heavy atom. The van der Waals surface area contributed by atoms with Gasteiger partial charge in [0.1, 0.15) is 0 Å². The van der Waals surface area contributed by atoms with Gasteiger partial charge in [-0.05, 0) is 40.1 Å². The average molecular weight is 260 g/mol. The zero-order valence-corrected chi connectivity index (χ0v) is 11.1. The van der Waals surface area contributed by atoms with Crippen molar-refractivity contribution in [2.75, 3.05) is 12.8 Å². The molecule has 1 aromatic heterocycles. The number of nitrogens with zero attached hydrogens (tertiary/aromatic N) is 1. The van der Waals surface area contributed by atoms with E-state index in [4.69, 9.17) is 5.73 Å². The normalized spacial score (nSPS) is 10.3. The fourth-order valence-electron chi connectivity index (χ4n) is 1.76. The lowest BCUT2D eigenvalue weighted by Gasteiger charge is -2.17. The van der Waals surface area contributed by atoms with Gasteiger partial charge in [-0.3, -0.25) is 4.79 Å². The molecular weight excluding hydrogens is 244 g/mol. The number of hydrogen-bond donors (Lipinski definition) is 1. The maximum Gasteiger partial charge on any atom is 0.227 e. The van der Waals surface area contributed by atoms with E-state index in [0.717, 1.165) is 16.8 Å². The van der Waals surface area contributed by atoms with Crippen LogP contribution in [0.2, 0.25) is 0 Å². The third kappa shape index (κ3) is 3.34. The van der Waals surface area contributed by atoms with Crippen LogP contribution in [0.4, 0.5) is 5.69 Å². The molecule has 0 bridgehead atoms. The van der Waals surface area contributed by atoms with Gasteiger partial charge in [0.25, 0.3) is 0 Å². The summed E-state index contributed by atoms with van der Waals surface area (Å²) in [6.45, 7) is 0.591. The van der Waals surface area contributed by atoms with Crippen LogP contribution in [-0.4, -0.2) is 17.9 Å². The summed E-state index contributed by atoms with van der Waals surface area (Å²) < 4.78 is 0. The Kier molecular flexibility index (Phi) is 3.99. The quantitative estimate of drug-likeness (QED) is 0.859. The summed E-state index contributed by atoms with van der Waals surface area (Å²) in [7, 11) is 1.82. The first kappa shape index (κ1) is 12.6. The van der Waals surface area contributed by atoms with E-state index >= 15 is 0 Å². The van der Waals surface area contributed by atoms with E-state index in [1.807, 2.05) is 48.1 Å². The van der Waals surface area contributed by atoms with Crippen molar-refractivity contribution in [3.8, 4) is 0 Å². The summed E-state index contributed by atoms with van der Waals surface area (Å²) in [5.74, 6) is 0.121. The molecule has 3 nitrogen and oxygen atoms in total. The first-order valence-corrected chi connectivity index (χ1v) is 6.69. The fraction of sp³-hybridized carbons (Fsp3) is 0.214. The van der Waals surface area contributed by atoms with Crippen LogP contribution in [0.1, 0.15) is 11.1 Å². The molecule has 0 atom stereocenters. The topological polar surface area (TPSA) is 46.3 Å². The predicted octanol–water partition coefficient (Wildman–Crippen LogP) is 2.53. The van der Waals surface area contributed by atoms with Gasteiger partial charge < -0.3 is 10.6 Å². The summed E-state index contributed by atoms with van der Waals surface area (Å²) in [5.41, 5.74) is 8.57. The van der Waals surface area contributed by atoms with Crippen molar-refractivity contribution in [3.63, 3.8) is 0 Å². The van der Waals surface area contributed by atoms with Crippen molar-refractivity contribution in [1.29, 1.82) is 0 Å². The second-order valence-corrected chi connectivity index (χ2v) is 5.08. The zero-order chi connectivity index (χ0) is 13.0. The van der Waals surface area contributed by atoms with Gasteiger partial charge in [0.15, 0.2) is 0 Å². The van der Waals surface area contributed by atoms with Crippen molar-refractivity contribution in [3.05, 3.63) is 52.2 Å². The second kappa shape index (κ2) is 5.69. The predicted molar refractivity (Wildman–Crippen MR) is 75.4 cm³/mol.